The molecule has 6 nitrogen and oxygen atoms in total. The van der Waals surface area contributed by atoms with E-state index in [4.69, 9.17) is 10.2 Å². The summed E-state index contributed by atoms with van der Waals surface area (Å²) >= 11 is 0. The van der Waals surface area contributed by atoms with E-state index in [1.165, 1.54) is 36.4 Å². The zero-order chi connectivity index (χ0) is 22.5. The number of carbonyl (C=O) groups is 2. The van der Waals surface area contributed by atoms with Crippen LogP contribution >= 0.6 is 0 Å². The quantitative estimate of drug-likeness (QED) is 0.240. The summed E-state index contributed by atoms with van der Waals surface area (Å²) < 4.78 is 35.5. The van der Waals surface area contributed by atoms with E-state index < -0.39 is 35.1 Å². The molecule has 0 saturated carbocycles. The molecule has 0 aliphatic carbocycles. The molecule has 2 aromatic carbocycles. The summed E-state index contributed by atoms with van der Waals surface area (Å²) in [5.41, 5.74) is -0.187. The Labute approximate surface area is 189 Å². The Morgan fingerprint density at radius 3 is 1.39 bits per heavy atom. The summed E-state index contributed by atoms with van der Waals surface area (Å²) in [5, 5.41) is 18.1. The number of hydrogen-bond acceptors (Lipinski definition) is 6. The van der Waals surface area contributed by atoms with Crippen LogP contribution in [0.3, 0.4) is 0 Å². The van der Waals surface area contributed by atoms with Crippen LogP contribution in [-0.2, 0) is 26.5 Å². The maximum atomic E-state index is 13.1. The average molecular weight is 484 g/mol. The standard InChI is InChI=1S/2C11H11FO3.Cu/c2*1-2-15-11(14)7-10(13)8-5-3-4-6-9(8)12;/h2*3-7,14H,2H2,1H3;. The van der Waals surface area contributed by atoms with E-state index in [0.29, 0.717) is 0 Å². The molecule has 0 heterocycles. The molecule has 31 heavy (non-hydrogen) atoms. The first-order valence-electron chi connectivity index (χ1n) is 8.94. The minimum atomic E-state index is -0.626. The van der Waals surface area contributed by atoms with E-state index in [2.05, 4.69) is 9.47 Å². The SMILES string of the molecule is CCOC(O)=CC(=O)c1ccccc1F.CCOC(O)=CC(=O)c1ccccc1F.[Cu]. The van der Waals surface area contributed by atoms with Gasteiger partial charge in [-0.05, 0) is 38.1 Å². The molecule has 0 bridgehead atoms. The normalized spacial score (nSPS) is 10.8. The molecule has 0 aliphatic rings. The van der Waals surface area contributed by atoms with Crippen LogP contribution in [0.2, 0.25) is 0 Å². The minimum absolute atomic E-state index is 0. The number of ketones is 2. The summed E-state index contributed by atoms with van der Waals surface area (Å²) in [4.78, 5) is 22.8. The van der Waals surface area contributed by atoms with E-state index >= 15 is 0 Å². The molecule has 0 atom stereocenters. The molecule has 0 aromatic heterocycles. The fourth-order valence-electron chi connectivity index (χ4n) is 2.08. The summed E-state index contributed by atoms with van der Waals surface area (Å²) in [6, 6.07) is 11.1. The van der Waals surface area contributed by atoms with Gasteiger partial charge in [0.25, 0.3) is 11.9 Å². The molecule has 171 valence electrons. The summed E-state index contributed by atoms with van der Waals surface area (Å²) in [5.74, 6) is -3.51. The van der Waals surface area contributed by atoms with Gasteiger partial charge in [0.15, 0.2) is 11.6 Å². The molecule has 2 rings (SSSR count). The van der Waals surface area contributed by atoms with Crippen molar-refractivity contribution in [1.82, 2.24) is 0 Å². The Balaban J connectivity index is 0.000000562. The van der Waals surface area contributed by atoms with Crippen molar-refractivity contribution in [3.05, 3.63) is 95.3 Å². The molecular weight excluding hydrogens is 462 g/mol. The third-order valence-electron chi connectivity index (χ3n) is 3.37. The van der Waals surface area contributed by atoms with Gasteiger partial charge in [-0.25, -0.2) is 8.78 Å². The average Bonchev–Trinajstić information content (AvgIpc) is 2.69. The molecule has 0 unspecified atom stereocenters. The molecule has 0 saturated heterocycles. The van der Waals surface area contributed by atoms with Crippen LogP contribution in [0, 0.1) is 11.6 Å². The smallest absolute Gasteiger partial charge is 0.280 e. The van der Waals surface area contributed by atoms with E-state index in [-0.39, 0.29) is 41.4 Å². The van der Waals surface area contributed by atoms with Gasteiger partial charge in [0.05, 0.1) is 36.5 Å². The van der Waals surface area contributed by atoms with Gasteiger partial charge in [-0.3, -0.25) is 9.59 Å². The van der Waals surface area contributed by atoms with Gasteiger partial charge < -0.3 is 19.7 Å². The molecule has 2 N–H and O–H groups in total. The van der Waals surface area contributed by atoms with Crippen molar-refractivity contribution in [3.63, 3.8) is 0 Å². The third-order valence-corrected chi connectivity index (χ3v) is 3.37. The minimum Gasteiger partial charge on any atom is -0.481 e. The first-order valence-corrected chi connectivity index (χ1v) is 8.94. The zero-order valence-corrected chi connectivity index (χ0v) is 17.7. The zero-order valence-electron chi connectivity index (χ0n) is 16.8. The Morgan fingerprint density at radius 2 is 1.10 bits per heavy atom. The van der Waals surface area contributed by atoms with E-state index in [0.717, 1.165) is 12.2 Å². The third kappa shape index (κ3) is 9.93. The van der Waals surface area contributed by atoms with Crippen molar-refractivity contribution < 1.29 is 55.1 Å². The summed E-state index contributed by atoms with van der Waals surface area (Å²) in [6.45, 7) is 3.81. The van der Waals surface area contributed by atoms with Crippen molar-refractivity contribution >= 4 is 11.6 Å². The van der Waals surface area contributed by atoms with Crippen LogP contribution in [0.5, 0.6) is 0 Å². The van der Waals surface area contributed by atoms with Crippen LogP contribution in [0.15, 0.2) is 72.6 Å². The second-order valence-electron chi connectivity index (χ2n) is 5.52. The Hall–Kier alpha value is -3.16. The second-order valence-corrected chi connectivity index (χ2v) is 5.52. The van der Waals surface area contributed by atoms with Crippen molar-refractivity contribution in [1.29, 1.82) is 0 Å². The molecule has 0 amide bonds. The number of ether oxygens (including phenoxy) is 2. The Bertz CT molecular complexity index is 852. The number of aliphatic hydroxyl groups excluding tert-OH is 2. The van der Waals surface area contributed by atoms with Gasteiger partial charge in [0.2, 0.25) is 0 Å². The summed E-state index contributed by atoms with van der Waals surface area (Å²) in [7, 11) is 0. The maximum Gasteiger partial charge on any atom is 0.280 e. The van der Waals surface area contributed by atoms with Gasteiger partial charge in [-0.15, -0.1) is 0 Å². The molecule has 0 fully saturated rings. The molecule has 0 spiro atoms. The summed E-state index contributed by atoms with van der Waals surface area (Å²) in [6.07, 6.45) is 1.70. The van der Waals surface area contributed by atoms with Crippen molar-refractivity contribution in [2.75, 3.05) is 13.2 Å². The number of allylic oxidation sites excluding steroid dienone is 2. The molecular formula is C22H22CuF2O6. The monoisotopic (exact) mass is 483 g/mol. The van der Waals surface area contributed by atoms with E-state index in [1.807, 2.05) is 0 Å². The fraction of sp³-hybridized carbons (Fsp3) is 0.182. The van der Waals surface area contributed by atoms with Crippen molar-refractivity contribution in [2.45, 2.75) is 13.8 Å². The van der Waals surface area contributed by atoms with E-state index in [1.54, 1.807) is 26.0 Å². The van der Waals surface area contributed by atoms with Crippen LogP contribution in [0.1, 0.15) is 34.6 Å². The first kappa shape index (κ1) is 27.8. The van der Waals surface area contributed by atoms with Crippen LogP contribution < -0.4 is 0 Å². The van der Waals surface area contributed by atoms with Crippen LogP contribution in [0.25, 0.3) is 0 Å². The Morgan fingerprint density at radius 1 is 0.774 bits per heavy atom. The largest absolute Gasteiger partial charge is 0.481 e. The maximum absolute atomic E-state index is 13.1. The van der Waals surface area contributed by atoms with Gasteiger partial charge >= 0.3 is 0 Å². The second kappa shape index (κ2) is 14.8. The van der Waals surface area contributed by atoms with E-state index in [9.17, 15) is 18.4 Å². The molecule has 0 aliphatic heterocycles. The first-order chi connectivity index (χ1) is 14.3. The fourth-order valence-corrected chi connectivity index (χ4v) is 2.08. The number of benzene rings is 2. The van der Waals surface area contributed by atoms with Crippen molar-refractivity contribution in [3.8, 4) is 0 Å². The van der Waals surface area contributed by atoms with Gasteiger partial charge in [0, 0.05) is 17.1 Å². The molecule has 2 aromatic rings. The predicted molar refractivity (Wildman–Crippen MR) is 106 cm³/mol. The number of hydrogen-bond donors (Lipinski definition) is 2. The van der Waals surface area contributed by atoms with Gasteiger partial charge in [0.1, 0.15) is 11.6 Å². The topological polar surface area (TPSA) is 93.1 Å². The number of aliphatic hydroxyl groups is 2. The van der Waals surface area contributed by atoms with Gasteiger partial charge in [-0.2, -0.15) is 0 Å². The number of halogens is 2. The molecule has 9 heteroatoms. The predicted octanol–water partition coefficient (Wildman–Crippen LogP) is 4.89. The van der Waals surface area contributed by atoms with Gasteiger partial charge in [-0.1, -0.05) is 24.3 Å². The number of carbonyl (C=O) groups excluding carboxylic acids is 2. The van der Waals surface area contributed by atoms with Crippen LogP contribution in [-0.4, -0.2) is 35.0 Å². The molecule has 1 radical (unpaired) electrons. The Kier molecular flexibility index (Phi) is 13.3. The van der Waals surface area contributed by atoms with Crippen molar-refractivity contribution in [2.24, 2.45) is 0 Å². The van der Waals surface area contributed by atoms with Crippen LogP contribution in [0.4, 0.5) is 8.78 Å². The number of rotatable bonds is 8.